The summed E-state index contributed by atoms with van der Waals surface area (Å²) in [6.45, 7) is 3.94. The summed E-state index contributed by atoms with van der Waals surface area (Å²) in [5.41, 5.74) is 3.16. The average Bonchev–Trinajstić information content (AvgIpc) is 2.73. The van der Waals surface area contributed by atoms with Gasteiger partial charge < -0.3 is 14.2 Å². The predicted octanol–water partition coefficient (Wildman–Crippen LogP) is 2.60. The van der Waals surface area contributed by atoms with E-state index < -0.39 is 0 Å². The smallest absolute Gasteiger partial charge is 0.338 e. The summed E-state index contributed by atoms with van der Waals surface area (Å²) in [6, 6.07) is 10.7. The van der Waals surface area contributed by atoms with E-state index in [0.717, 1.165) is 24.1 Å². The topological polar surface area (TPSA) is 68.6 Å². The average molecular weight is 392 g/mol. The number of hydrogen-bond donors (Lipinski definition) is 0. The van der Waals surface area contributed by atoms with Gasteiger partial charge in [0, 0.05) is 49.3 Å². The lowest BCUT2D eigenvalue weighted by atomic mass is 9.83. The fourth-order valence-corrected chi connectivity index (χ4v) is 5.07. The Labute approximate surface area is 169 Å². The first-order chi connectivity index (χ1) is 14.0. The van der Waals surface area contributed by atoms with E-state index in [1.54, 1.807) is 18.2 Å². The van der Waals surface area contributed by atoms with Crippen molar-refractivity contribution in [1.82, 2.24) is 9.47 Å². The molecule has 5 rings (SSSR count). The van der Waals surface area contributed by atoms with Crippen molar-refractivity contribution < 1.29 is 14.3 Å². The van der Waals surface area contributed by atoms with Crippen molar-refractivity contribution in [2.24, 2.45) is 5.92 Å². The van der Waals surface area contributed by atoms with Crippen LogP contribution in [-0.2, 0) is 17.7 Å². The second-order valence-corrected chi connectivity index (χ2v) is 8.42. The highest BCUT2D eigenvalue weighted by atomic mass is 16.5. The molecule has 3 atom stereocenters. The summed E-state index contributed by atoms with van der Waals surface area (Å²) in [6.07, 6.45) is 2.31. The molecule has 0 radical (unpaired) electrons. The minimum Gasteiger partial charge on any atom is -0.458 e. The van der Waals surface area contributed by atoms with E-state index in [9.17, 15) is 14.4 Å². The molecule has 2 aromatic rings. The first-order valence-electron chi connectivity index (χ1n) is 10.4. The molecule has 0 spiro atoms. The van der Waals surface area contributed by atoms with Gasteiger partial charge in [-0.05, 0) is 48.6 Å². The molecule has 3 unspecified atom stereocenters. The van der Waals surface area contributed by atoms with E-state index in [4.69, 9.17) is 4.74 Å². The third-order valence-electron chi connectivity index (χ3n) is 6.52. The van der Waals surface area contributed by atoms with E-state index in [1.165, 1.54) is 0 Å². The number of esters is 1. The first-order valence-corrected chi connectivity index (χ1v) is 10.4. The number of cyclic esters (lactones) is 1. The molecule has 1 aromatic carbocycles. The lowest BCUT2D eigenvalue weighted by molar-refractivity contribution is 0.0248. The molecule has 150 valence electrons. The Morgan fingerprint density at radius 2 is 2.00 bits per heavy atom. The van der Waals surface area contributed by atoms with Crippen molar-refractivity contribution in [1.29, 1.82) is 0 Å². The zero-order valence-corrected chi connectivity index (χ0v) is 16.5. The van der Waals surface area contributed by atoms with Gasteiger partial charge in [-0.2, -0.15) is 0 Å². The lowest BCUT2D eigenvalue weighted by Gasteiger charge is -2.42. The third kappa shape index (κ3) is 3.07. The zero-order valence-electron chi connectivity index (χ0n) is 16.5. The van der Waals surface area contributed by atoms with Gasteiger partial charge in [0.15, 0.2) is 0 Å². The van der Waals surface area contributed by atoms with Crippen LogP contribution in [0.4, 0.5) is 0 Å². The third-order valence-corrected chi connectivity index (χ3v) is 6.52. The van der Waals surface area contributed by atoms with Crippen LogP contribution < -0.4 is 5.56 Å². The Balaban J connectivity index is 1.41. The summed E-state index contributed by atoms with van der Waals surface area (Å²) in [5, 5.41) is 0. The van der Waals surface area contributed by atoms with E-state index in [2.05, 4.69) is 0 Å². The van der Waals surface area contributed by atoms with Gasteiger partial charge in [-0.15, -0.1) is 0 Å². The normalized spacial score (nSPS) is 25.1. The highest BCUT2D eigenvalue weighted by Crippen LogP contribution is 2.35. The van der Waals surface area contributed by atoms with Crippen LogP contribution in [0.15, 0.2) is 41.2 Å². The van der Waals surface area contributed by atoms with Gasteiger partial charge in [-0.3, -0.25) is 9.59 Å². The van der Waals surface area contributed by atoms with Gasteiger partial charge in [-0.25, -0.2) is 4.79 Å². The number of rotatable bonds is 2. The van der Waals surface area contributed by atoms with Gasteiger partial charge in [0.1, 0.15) is 6.10 Å². The highest BCUT2D eigenvalue weighted by molar-refractivity contribution is 5.97. The van der Waals surface area contributed by atoms with Gasteiger partial charge in [0.05, 0.1) is 5.56 Å². The number of hydrogen-bond acceptors (Lipinski definition) is 4. The number of nitrogens with zero attached hydrogens (tertiary/aromatic N) is 2. The van der Waals surface area contributed by atoms with Crippen molar-refractivity contribution in [2.75, 3.05) is 13.1 Å². The molecule has 3 aliphatic rings. The first kappa shape index (κ1) is 18.2. The molecule has 29 heavy (non-hydrogen) atoms. The maximum Gasteiger partial charge on any atom is 0.338 e. The molecular weight excluding hydrogens is 368 g/mol. The summed E-state index contributed by atoms with van der Waals surface area (Å²) in [7, 11) is 0. The summed E-state index contributed by atoms with van der Waals surface area (Å²) >= 11 is 0. The monoisotopic (exact) mass is 392 g/mol. The number of amides is 1. The molecule has 3 aliphatic heterocycles. The summed E-state index contributed by atoms with van der Waals surface area (Å²) in [4.78, 5) is 39.5. The van der Waals surface area contributed by atoms with Crippen molar-refractivity contribution in [3.63, 3.8) is 0 Å². The van der Waals surface area contributed by atoms with Crippen LogP contribution in [0.5, 0.6) is 0 Å². The molecule has 4 heterocycles. The fraction of sp³-hybridized carbons (Fsp3) is 0.435. The minimum absolute atomic E-state index is 0.00113. The van der Waals surface area contributed by atoms with Crippen LogP contribution in [0.2, 0.25) is 0 Å². The molecule has 6 nitrogen and oxygen atoms in total. The van der Waals surface area contributed by atoms with Gasteiger partial charge in [0.2, 0.25) is 0 Å². The SMILES string of the molecule is CCC1Cc2cc(C(=O)N3CC4CC(C3)c3cccc(=O)n3C4)ccc2C(=O)O1. The number of aromatic nitrogens is 1. The second kappa shape index (κ2) is 6.87. The number of carbonyl (C=O) groups excluding carboxylic acids is 2. The molecule has 1 aromatic heterocycles. The predicted molar refractivity (Wildman–Crippen MR) is 107 cm³/mol. The molecule has 1 saturated heterocycles. The molecular formula is C23H24N2O4. The molecule has 6 heteroatoms. The number of pyridine rings is 1. The van der Waals surface area contributed by atoms with Crippen LogP contribution >= 0.6 is 0 Å². The maximum atomic E-state index is 13.3. The fourth-order valence-electron chi connectivity index (χ4n) is 5.07. The van der Waals surface area contributed by atoms with E-state index >= 15 is 0 Å². The molecule has 0 N–H and O–H groups in total. The minimum atomic E-state index is -0.299. The Morgan fingerprint density at radius 3 is 2.83 bits per heavy atom. The van der Waals surface area contributed by atoms with Crippen LogP contribution in [0, 0.1) is 5.92 Å². The zero-order chi connectivity index (χ0) is 20.1. The van der Waals surface area contributed by atoms with Crippen molar-refractivity contribution in [3.05, 3.63) is 69.1 Å². The second-order valence-electron chi connectivity index (χ2n) is 8.42. The van der Waals surface area contributed by atoms with Crippen molar-refractivity contribution >= 4 is 11.9 Å². The number of carbonyl (C=O) groups is 2. The van der Waals surface area contributed by atoms with Crippen LogP contribution in [0.3, 0.4) is 0 Å². The summed E-state index contributed by atoms with van der Waals surface area (Å²) in [5.74, 6) is 0.188. The van der Waals surface area contributed by atoms with Crippen LogP contribution in [0.25, 0.3) is 0 Å². The van der Waals surface area contributed by atoms with Gasteiger partial charge in [-0.1, -0.05) is 13.0 Å². The van der Waals surface area contributed by atoms with Gasteiger partial charge in [0.25, 0.3) is 11.5 Å². The van der Waals surface area contributed by atoms with Crippen molar-refractivity contribution in [2.45, 2.75) is 44.8 Å². The Bertz CT molecular complexity index is 1060. The van der Waals surface area contributed by atoms with E-state index in [1.807, 2.05) is 34.6 Å². The maximum absolute atomic E-state index is 13.3. The van der Waals surface area contributed by atoms with Crippen LogP contribution in [0.1, 0.15) is 57.7 Å². The lowest BCUT2D eigenvalue weighted by Crippen LogP contribution is -2.49. The van der Waals surface area contributed by atoms with E-state index in [0.29, 0.717) is 43.1 Å². The number of ether oxygens (including phenoxy) is 1. The highest BCUT2D eigenvalue weighted by Gasteiger charge is 2.37. The van der Waals surface area contributed by atoms with E-state index in [-0.39, 0.29) is 29.5 Å². The number of piperidine rings is 1. The molecule has 1 amide bonds. The standard InChI is InChI=1S/C23H24N2O4/c1-2-18-10-16-9-15(6-7-19(16)23(28)29-18)22(27)24-11-14-8-17(13-24)20-4-3-5-21(26)25(20)12-14/h3-7,9,14,17-18H,2,8,10-13H2,1H3. The molecule has 0 aliphatic carbocycles. The molecule has 0 saturated carbocycles. The van der Waals surface area contributed by atoms with Crippen LogP contribution in [-0.4, -0.2) is 40.5 Å². The molecule has 1 fully saturated rings. The van der Waals surface area contributed by atoms with Gasteiger partial charge >= 0.3 is 5.97 Å². The van der Waals surface area contributed by atoms with Crippen molar-refractivity contribution in [3.8, 4) is 0 Å². The number of fused-ring (bicyclic) bond motifs is 5. The Hall–Kier alpha value is -2.89. The molecule has 2 bridgehead atoms. The largest absolute Gasteiger partial charge is 0.458 e. The number of benzene rings is 1. The Kier molecular flexibility index (Phi) is 4.30. The number of likely N-dealkylation sites (tertiary alicyclic amines) is 1. The summed E-state index contributed by atoms with van der Waals surface area (Å²) < 4.78 is 7.28. The Morgan fingerprint density at radius 1 is 1.14 bits per heavy atom. The quantitative estimate of drug-likeness (QED) is 0.737.